The molecule has 0 fully saturated rings. The topological polar surface area (TPSA) is 44.9 Å². The van der Waals surface area contributed by atoms with E-state index in [9.17, 15) is 0 Å². The van der Waals surface area contributed by atoms with Crippen molar-refractivity contribution in [2.75, 3.05) is 0 Å². The summed E-state index contributed by atoms with van der Waals surface area (Å²) in [5.74, 6) is 2.47. The Labute approximate surface area is 285 Å². The van der Waals surface area contributed by atoms with E-state index in [2.05, 4.69) is 114 Å². The second-order valence-corrected chi connectivity index (χ2v) is 12.2. The van der Waals surface area contributed by atoms with Crippen LogP contribution in [0.25, 0.3) is 44.4 Å². The molecule has 0 bridgehead atoms. The molecule has 0 unspecified atom stereocenters. The Kier molecular flexibility index (Phi) is 8.48. The molecule has 0 aliphatic rings. The molecule has 232 valence electrons. The number of nitrogens with zero attached hydrogens (tertiary/aromatic N) is 4. The number of fused-ring (bicyclic) bond motifs is 3. The van der Waals surface area contributed by atoms with Crippen LogP contribution in [0.2, 0.25) is 0 Å². The van der Waals surface area contributed by atoms with Crippen molar-refractivity contribution in [1.82, 2.24) is 19.3 Å². The van der Waals surface area contributed by atoms with E-state index in [1.165, 1.54) is 38.9 Å². The molecule has 46 heavy (non-hydrogen) atoms. The third-order valence-electron chi connectivity index (χ3n) is 9.31. The van der Waals surface area contributed by atoms with Crippen molar-refractivity contribution < 1.29 is 25.8 Å². The van der Waals surface area contributed by atoms with Crippen LogP contribution in [0, 0.1) is 46.8 Å². The Bertz CT molecular complexity index is 2210. The molecule has 6 heteroatoms. The van der Waals surface area contributed by atoms with Crippen LogP contribution in [0.1, 0.15) is 53.1 Å². The fourth-order valence-corrected chi connectivity index (χ4v) is 6.35. The van der Waals surface area contributed by atoms with Gasteiger partial charge in [-0.1, -0.05) is 37.6 Å². The molecule has 4 aromatic carbocycles. The van der Waals surface area contributed by atoms with Crippen molar-refractivity contribution in [3.8, 4) is 34.1 Å². The monoisotopic (exact) mass is 783 g/mol. The Balaban J connectivity index is 0.00000372. The Hall–Kier alpha value is -4.47. The summed E-state index contributed by atoms with van der Waals surface area (Å²) in [4.78, 5) is 4.76. The van der Waals surface area contributed by atoms with Crippen molar-refractivity contribution in [2.24, 2.45) is 0 Å². The molecule has 0 aliphatic heterocycles. The zero-order valence-electron chi connectivity index (χ0n) is 27.2. The number of hydrogen-bond acceptors (Lipinski definition) is 3. The first kappa shape index (κ1) is 31.5. The number of pyridine rings is 1. The van der Waals surface area contributed by atoms with Gasteiger partial charge in [-0.05, 0) is 109 Å². The minimum Gasteiger partial charge on any atom is -0.509 e. The number of aromatic nitrogens is 4. The molecular formula is C40H36N4OPt. The molecule has 0 saturated heterocycles. The molecule has 0 amide bonds. The third-order valence-corrected chi connectivity index (χ3v) is 9.31. The molecule has 7 aromatic rings. The van der Waals surface area contributed by atoms with E-state index in [0.717, 1.165) is 38.9 Å². The van der Waals surface area contributed by atoms with Crippen LogP contribution in [0.3, 0.4) is 0 Å². The van der Waals surface area contributed by atoms with Crippen LogP contribution < -0.4 is 4.74 Å². The van der Waals surface area contributed by atoms with Gasteiger partial charge in [0.05, 0.1) is 6.20 Å². The number of ether oxygens (including phenoxy) is 1. The number of hydrogen-bond donors (Lipinski definition) is 0. The van der Waals surface area contributed by atoms with E-state index in [1.54, 1.807) is 0 Å². The summed E-state index contributed by atoms with van der Waals surface area (Å²) in [7, 11) is 0. The first-order chi connectivity index (χ1) is 21.7. The average Bonchev–Trinajstić information content (AvgIpc) is 3.66. The summed E-state index contributed by atoms with van der Waals surface area (Å²) in [5, 5.41) is 6.97. The fourth-order valence-electron chi connectivity index (χ4n) is 6.35. The second kappa shape index (κ2) is 12.4. The second-order valence-electron chi connectivity index (χ2n) is 12.2. The molecule has 0 spiro atoms. The summed E-state index contributed by atoms with van der Waals surface area (Å²) in [6.07, 6.45) is 5.90. The van der Waals surface area contributed by atoms with Gasteiger partial charge < -0.3 is 9.30 Å². The van der Waals surface area contributed by atoms with Crippen LogP contribution >= 0.6 is 0 Å². The van der Waals surface area contributed by atoms with Crippen molar-refractivity contribution in [1.29, 1.82) is 0 Å². The van der Waals surface area contributed by atoms with Crippen molar-refractivity contribution in [3.63, 3.8) is 0 Å². The zero-order chi connectivity index (χ0) is 31.4. The minimum absolute atomic E-state index is 0. The smallest absolute Gasteiger partial charge is 0.509 e. The maximum Gasteiger partial charge on any atom is 2.00 e. The van der Waals surface area contributed by atoms with Crippen molar-refractivity contribution >= 4 is 21.8 Å². The van der Waals surface area contributed by atoms with Gasteiger partial charge in [-0.25, -0.2) is 4.98 Å². The first-order valence-electron chi connectivity index (χ1n) is 15.5. The van der Waals surface area contributed by atoms with E-state index in [0.29, 0.717) is 17.4 Å². The van der Waals surface area contributed by atoms with E-state index >= 15 is 0 Å². The largest absolute Gasteiger partial charge is 2.00 e. The van der Waals surface area contributed by atoms with Gasteiger partial charge in [0.2, 0.25) is 0 Å². The van der Waals surface area contributed by atoms with E-state index in [4.69, 9.17) is 14.8 Å². The number of para-hydroxylation sites is 1. The Morgan fingerprint density at radius 1 is 0.739 bits per heavy atom. The first-order valence-corrected chi connectivity index (χ1v) is 15.5. The zero-order valence-corrected chi connectivity index (χ0v) is 29.4. The molecular weight excluding hydrogens is 748 g/mol. The van der Waals surface area contributed by atoms with Crippen LogP contribution in [0.4, 0.5) is 0 Å². The van der Waals surface area contributed by atoms with Gasteiger partial charge in [0.1, 0.15) is 5.82 Å². The molecule has 0 aliphatic carbocycles. The van der Waals surface area contributed by atoms with E-state index in [-0.39, 0.29) is 21.1 Å². The molecule has 3 heterocycles. The van der Waals surface area contributed by atoms with Crippen LogP contribution in [-0.2, 0) is 21.1 Å². The summed E-state index contributed by atoms with van der Waals surface area (Å²) >= 11 is 0. The van der Waals surface area contributed by atoms with E-state index < -0.39 is 0 Å². The average molecular weight is 784 g/mol. The Morgan fingerprint density at radius 2 is 1.46 bits per heavy atom. The van der Waals surface area contributed by atoms with Crippen LogP contribution in [0.5, 0.6) is 11.5 Å². The predicted molar refractivity (Wildman–Crippen MR) is 183 cm³/mol. The van der Waals surface area contributed by atoms with Crippen LogP contribution in [0.15, 0.2) is 85.3 Å². The molecule has 0 atom stereocenters. The third kappa shape index (κ3) is 5.37. The fraction of sp³-hybridized carbons (Fsp3) is 0.200. The maximum absolute atomic E-state index is 6.39. The number of benzene rings is 4. The molecule has 7 rings (SSSR count). The van der Waals surface area contributed by atoms with Gasteiger partial charge in [0, 0.05) is 35.0 Å². The molecule has 0 radical (unpaired) electrons. The van der Waals surface area contributed by atoms with Gasteiger partial charge >= 0.3 is 21.1 Å². The van der Waals surface area contributed by atoms with Gasteiger partial charge in [-0.2, -0.15) is 17.2 Å². The SMILES string of the molecule is Cc1c(C)c(C)c(-c2cnn(-c3[c-]c(Oc4[c-]c5c(cc4)c4ccccc4n5-c4cc(C(C)C)ccn4)ccc3)c2)c(C)c1C.[Pt+2]. The predicted octanol–water partition coefficient (Wildman–Crippen LogP) is 10.1. The maximum atomic E-state index is 6.39. The quantitative estimate of drug-likeness (QED) is 0.158. The van der Waals surface area contributed by atoms with Crippen molar-refractivity contribution in [3.05, 3.63) is 131 Å². The molecule has 0 N–H and O–H groups in total. The summed E-state index contributed by atoms with van der Waals surface area (Å²) in [6.45, 7) is 15.4. The Morgan fingerprint density at radius 3 is 2.22 bits per heavy atom. The van der Waals surface area contributed by atoms with Gasteiger partial charge in [0.15, 0.2) is 0 Å². The van der Waals surface area contributed by atoms with Gasteiger partial charge in [-0.3, -0.25) is 4.68 Å². The molecule has 0 saturated carbocycles. The standard InChI is InChI=1S/C40H36N4O.Pt/c1-24(2)30-17-18-41-39(19-30)44-37-14-9-8-13-35(37)36-16-15-34(21-38(36)44)45-33-12-10-11-32(20-33)43-23-31(22-42-43)40-28(6)26(4)25(3)27(5)29(40)7;/h8-19,22-24H,1-7H3;/q-2;+2. The van der Waals surface area contributed by atoms with Crippen LogP contribution in [-0.4, -0.2) is 19.3 Å². The van der Waals surface area contributed by atoms with E-state index in [1.807, 2.05) is 41.3 Å². The normalized spacial score (nSPS) is 11.4. The summed E-state index contributed by atoms with van der Waals surface area (Å²) in [5.41, 5.74) is 13.0. The molecule has 5 nitrogen and oxygen atoms in total. The van der Waals surface area contributed by atoms with Crippen molar-refractivity contribution in [2.45, 2.75) is 54.4 Å². The minimum atomic E-state index is 0. The summed E-state index contributed by atoms with van der Waals surface area (Å²) < 4.78 is 10.4. The van der Waals surface area contributed by atoms with Gasteiger partial charge in [0.25, 0.3) is 0 Å². The molecule has 3 aromatic heterocycles. The summed E-state index contributed by atoms with van der Waals surface area (Å²) in [6, 6.07) is 29.6. The van der Waals surface area contributed by atoms with Gasteiger partial charge in [-0.15, -0.1) is 35.7 Å². The number of rotatable bonds is 6.